The fourth-order valence-corrected chi connectivity index (χ4v) is 2.55. The van der Waals surface area contributed by atoms with E-state index < -0.39 is 6.10 Å². The summed E-state index contributed by atoms with van der Waals surface area (Å²) in [6.45, 7) is 2.59. The van der Waals surface area contributed by atoms with Gasteiger partial charge in [0.25, 0.3) is 0 Å². The zero-order valence-corrected chi connectivity index (χ0v) is 13.4. The van der Waals surface area contributed by atoms with E-state index in [-0.39, 0.29) is 5.75 Å². The highest BCUT2D eigenvalue weighted by molar-refractivity contribution is 6.30. The molecule has 0 saturated heterocycles. The average Bonchev–Trinajstić information content (AvgIpc) is 2.51. The Labute approximate surface area is 135 Å². The van der Waals surface area contributed by atoms with E-state index in [4.69, 9.17) is 16.3 Å². The molecular formula is C17H20ClNO3. The summed E-state index contributed by atoms with van der Waals surface area (Å²) in [7, 11) is 1.59. The van der Waals surface area contributed by atoms with Crippen LogP contribution in [0.2, 0.25) is 5.02 Å². The number of aliphatic hydroxyl groups excluding tert-OH is 1. The molecule has 5 heteroatoms. The van der Waals surface area contributed by atoms with Crippen molar-refractivity contribution in [2.75, 3.05) is 13.7 Å². The number of hydrogen-bond donors (Lipinski definition) is 3. The van der Waals surface area contributed by atoms with Gasteiger partial charge in [-0.15, -0.1) is 0 Å². The second kappa shape index (κ2) is 7.49. The highest BCUT2D eigenvalue weighted by atomic mass is 35.5. The van der Waals surface area contributed by atoms with Crippen LogP contribution in [0.25, 0.3) is 0 Å². The molecule has 1 atom stereocenters. The summed E-state index contributed by atoms with van der Waals surface area (Å²) in [4.78, 5) is 0. The second-order valence-corrected chi connectivity index (χ2v) is 5.59. The van der Waals surface area contributed by atoms with Crippen molar-refractivity contribution >= 4 is 11.6 Å². The number of ether oxygens (including phenoxy) is 1. The Morgan fingerprint density at radius 1 is 1.27 bits per heavy atom. The molecule has 0 aliphatic carbocycles. The number of hydrogen-bond acceptors (Lipinski definition) is 4. The molecule has 22 heavy (non-hydrogen) atoms. The summed E-state index contributed by atoms with van der Waals surface area (Å²) in [5.74, 6) is 0.937. The number of aromatic hydroxyl groups is 1. The lowest BCUT2D eigenvalue weighted by Gasteiger charge is -2.14. The molecule has 2 aromatic carbocycles. The number of aryl methyl sites for hydroxylation is 1. The average molecular weight is 322 g/mol. The Morgan fingerprint density at radius 2 is 2.05 bits per heavy atom. The fraction of sp³-hybridized carbons (Fsp3) is 0.294. The van der Waals surface area contributed by atoms with Crippen molar-refractivity contribution in [1.29, 1.82) is 0 Å². The van der Waals surface area contributed by atoms with Crippen LogP contribution in [0.1, 0.15) is 22.8 Å². The minimum atomic E-state index is -0.655. The summed E-state index contributed by atoms with van der Waals surface area (Å²) in [6.07, 6.45) is -0.655. The Balaban J connectivity index is 1.96. The van der Waals surface area contributed by atoms with Gasteiger partial charge in [0, 0.05) is 23.7 Å². The molecule has 3 N–H and O–H groups in total. The van der Waals surface area contributed by atoms with Crippen LogP contribution in [0, 0.1) is 6.92 Å². The third-order valence-electron chi connectivity index (χ3n) is 3.48. The maximum Gasteiger partial charge on any atom is 0.123 e. The summed E-state index contributed by atoms with van der Waals surface area (Å²) in [5.41, 5.74) is 2.22. The summed E-state index contributed by atoms with van der Waals surface area (Å²) in [5, 5.41) is 23.9. The van der Waals surface area contributed by atoms with E-state index in [1.165, 1.54) is 0 Å². The van der Waals surface area contributed by atoms with E-state index in [9.17, 15) is 10.2 Å². The lowest BCUT2D eigenvalue weighted by atomic mass is 10.1. The molecule has 1 unspecified atom stereocenters. The minimum Gasteiger partial charge on any atom is -0.507 e. The van der Waals surface area contributed by atoms with Gasteiger partial charge in [0.1, 0.15) is 11.5 Å². The van der Waals surface area contributed by atoms with Gasteiger partial charge in [0.2, 0.25) is 0 Å². The third-order valence-corrected chi connectivity index (χ3v) is 3.69. The van der Waals surface area contributed by atoms with E-state index in [1.54, 1.807) is 32.2 Å². The molecule has 0 saturated carbocycles. The number of phenols is 1. The van der Waals surface area contributed by atoms with Gasteiger partial charge in [-0.2, -0.15) is 0 Å². The van der Waals surface area contributed by atoms with E-state index in [0.29, 0.717) is 29.4 Å². The van der Waals surface area contributed by atoms with Crippen LogP contribution in [-0.4, -0.2) is 23.9 Å². The lowest BCUT2D eigenvalue weighted by Crippen LogP contribution is -2.21. The molecule has 2 aromatic rings. The maximum atomic E-state index is 10.2. The fourth-order valence-electron chi connectivity index (χ4n) is 2.25. The van der Waals surface area contributed by atoms with Crippen LogP contribution in [0.5, 0.6) is 11.5 Å². The SMILES string of the molecule is COc1cccc(C(O)CNCc2cc(Cl)cc(C)c2O)c1. The van der Waals surface area contributed by atoms with Crippen molar-refractivity contribution in [2.45, 2.75) is 19.6 Å². The van der Waals surface area contributed by atoms with Crippen LogP contribution in [0.15, 0.2) is 36.4 Å². The normalized spacial score (nSPS) is 12.2. The Kier molecular flexibility index (Phi) is 5.66. The van der Waals surface area contributed by atoms with Crippen molar-refractivity contribution < 1.29 is 14.9 Å². The van der Waals surface area contributed by atoms with Crippen molar-refractivity contribution in [2.24, 2.45) is 0 Å². The molecule has 0 spiro atoms. The van der Waals surface area contributed by atoms with E-state index in [2.05, 4.69) is 5.32 Å². The van der Waals surface area contributed by atoms with Gasteiger partial charge in [0.15, 0.2) is 0 Å². The number of rotatable bonds is 6. The molecule has 118 valence electrons. The van der Waals surface area contributed by atoms with Crippen LogP contribution in [-0.2, 0) is 6.54 Å². The first-order chi connectivity index (χ1) is 10.5. The van der Waals surface area contributed by atoms with Gasteiger partial charge in [0.05, 0.1) is 13.2 Å². The molecule has 0 aliphatic rings. The molecule has 0 aliphatic heterocycles. The van der Waals surface area contributed by atoms with E-state index in [0.717, 1.165) is 11.1 Å². The highest BCUT2D eigenvalue weighted by Crippen LogP contribution is 2.26. The number of benzene rings is 2. The minimum absolute atomic E-state index is 0.229. The van der Waals surface area contributed by atoms with Gasteiger partial charge in [-0.3, -0.25) is 0 Å². The monoisotopic (exact) mass is 321 g/mol. The van der Waals surface area contributed by atoms with Crippen molar-refractivity contribution in [3.05, 3.63) is 58.1 Å². The van der Waals surface area contributed by atoms with Crippen molar-refractivity contribution in [1.82, 2.24) is 5.32 Å². The van der Waals surface area contributed by atoms with Crippen LogP contribution < -0.4 is 10.1 Å². The van der Waals surface area contributed by atoms with E-state index >= 15 is 0 Å². The van der Waals surface area contributed by atoms with Crippen LogP contribution in [0.3, 0.4) is 0 Å². The first kappa shape index (κ1) is 16.6. The number of halogens is 1. The Bertz CT molecular complexity index is 646. The molecule has 0 bridgehead atoms. The highest BCUT2D eigenvalue weighted by Gasteiger charge is 2.10. The molecule has 0 amide bonds. The standard InChI is InChI=1S/C17H20ClNO3/c1-11-6-14(18)7-13(17(11)21)9-19-10-16(20)12-4-3-5-15(8-12)22-2/h3-8,16,19-21H,9-10H2,1-2H3. The van der Waals surface area contributed by atoms with Crippen LogP contribution in [0.4, 0.5) is 0 Å². The van der Waals surface area contributed by atoms with Gasteiger partial charge in [-0.25, -0.2) is 0 Å². The second-order valence-electron chi connectivity index (χ2n) is 5.15. The Morgan fingerprint density at radius 3 is 2.77 bits per heavy atom. The van der Waals surface area contributed by atoms with Gasteiger partial charge < -0.3 is 20.3 Å². The topological polar surface area (TPSA) is 61.7 Å². The lowest BCUT2D eigenvalue weighted by molar-refractivity contribution is 0.174. The number of aliphatic hydroxyl groups is 1. The zero-order chi connectivity index (χ0) is 16.1. The summed E-state index contributed by atoms with van der Waals surface area (Å²) < 4.78 is 5.14. The predicted octanol–water partition coefficient (Wildman–Crippen LogP) is 3.19. The van der Waals surface area contributed by atoms with Crippen LogP contribution >= 0.6 is 11.6 Å². The molecule has 0 aromatic heterocycles. The number of phenolic OH excluding ortho intramolecular Hbond substituents is 1. The quantitative estimate of drug-likeness (QED) is 0.764. The summed E-state index contributed by atoms with van der Waals surface area (Å²) >= 11 is 5.99. The molecule has 0 fully saturated rings. The summed E-state index contributed by atoms with van der Waals surface area (Å²) in [6, 6.07) is 10.7. The third kappa shape index (κ3) is 4.13. The molecule has 0 heterocycles. The molecule has 0 radical (unpaired) electrons. The molecule has 2 rings (SSSR count). The van der Waals surface area contributed by atoms with E-state index in [1.807, 2.05) is 18.2 Å². The first-order valence-electron chi connectivity index (χ1n) is 7.02. The van der Waals surface area contributed by atoms with Crippen molar-refractivity contribution in [3.8, 4) is 11.5 Å². The first-order valence-corrected chi connectivity index (χ1v) is 7.39. The number of nitrogens with one attached hydrogen (secondary N) is 1. The maximum absolute atomic E-state index is 10.2. The largest absolute Gasteiger partial charge is 0.507 e. The molecule has 4 nitrogen and oxygen atoms in total. The number of methoxy groups -OCH3 is 1. The smallest absolute Gasteiger partial charge is 0.123 e. The molecular weight excluding hydrogens is 302 g/mol. The van der Waals surface area contributed by atoms with Crippen molar-refractivity contribution in [3.63, 3.8) is 0 Å². The Hall–Kier alpha value is -1.75. The van der Waals surface area contributed by atoms with Gasteiger partial charge >= 0.3 is 0 Å². The van der Waals surface area contributed by atoms with Gasteiger partial charge in [-0.05, 0) is 42.3 Å². The van der Waals surface area contributed by atoms with Gasteiger partial charge in [-0.1, -0.05) is 23.7 Å². The predicted molar refractivity (Wildman–Crippen MR) is 87.5 cm³/mol. The zero-order valence-electron chi connectivity index (χ0n) is 12.6.